The van der Waals surface area contributed by atoms with Gasteiger partial charge in [0.05, 0.1) is 39.7 Å². The Hall–Kier alpha value is -3.36. The quantitative estimate of drug-likeness (QED) is 0.563. The average molecular weight is 389 g/mol. The summed E-state index contributed by atoms with van der Waals surface area (Å²) in [5, 5.41) is 0. The van der Waals surface area contributed by atoms with E-state index < -0.39 is 29.9 Å². The monoisotopic (exact) mass is 389 g/mol. The summed E-state index contributed by atoms with van der Waals surface area (Å²) in [6.45, 7) is 0. The Balaban J connectivity index is 2.47. The summed E-state index contributed by atoms with van der Waals surface area (Å²) in [5.41, 5.74) is 1.17. The van der Waals surface area contributed by atoms with Gasteiger partial charge in [-0.1, -0.05) is 12.2 Å². The Morgan fingerprint density at radius 3 is 2.14 bits per heavy atom. The second-order valence-electron chi connectivity index (χ2n) is 6.09. The summed E-state index contributed by atoms with van der Waals surface area (Å²) in [4.78, 5) is 50.2. The molecule has 1 aromatic rings. The highest BCUT2D eigenvalue weighted by atomic mass is 16.5. The number of methoxy groups -OCH3 is 4. The van der Waals surface area contributed by atoms with Crippen molar-refractivity contribution in [2.45, 2.75) is 18.9 Å². The maximum Gasteiger partial charge on any atom is 0.355 e. The van der Waals surface area contributed by atoms with E-state index in [1.807, 2.05) is 6.08 Å². The molecule has 1 aliphatic heterocycles. The SMILES string of the molecule is COC(=O)C1=C2CCC=Cc3c(C(=O)OC)c(C(=O)OC)n(c32)C1C(=O)OC. The number of carbonyl (C=O) groups is 4. The van der Waals surface area contributed by atoms with Gasteiger partial charge in [0.15, 0.2) is 6.04 Å². The summed E-state index contributed by atoms with van der Waals surface area (Å²) in [6, 6.07) is -1.28. The van der Waals surface area contributed by atoms with E-state index in [1.165, 1.54) is 25.9 Å². The predicted molar refractivity (Wildman–Crippen MR) is 95.4 cm³/mol. The Kier molecular flexibility index (Phi) is 5.08. The summed E-state index contributed by atoms with van der Waals surface area (Å²) in [6.07, 6.45) is 4.46. The minimum atomic E-state index is -1.28. The van der Waals surface area contributed by atoms with Crippen LogP contribution in [0.4, 0.5) is 0 Å². The van der Waals surface area contributed by atoms with Gasteiger partial charge in [-0.05, 0) is 18.4 Å². The van der Waals surface area contributed by atoms with E-state index in [0.717, 1.165) is 7.11 Å². The van der Waals surface area contributed by atoms with Crippen LogP contribution in [-0.4, -0.2) is 56.9 Å². The third kappa shape index (κ3) is 2.62. The lowest BCUT2D eigenvalue weighted by molar-refractivity contribution is -0.146. The summed E-state index contributed by atoms with van der Waals surface area (Å²) < 4.78 is 20.8. The van der Waals surface area contributed by atoms with Gasteiger partial charge in [-0.25, -0.2) is 19.2 Å². The first-order valence-electron chi connectivity index (χ1n) is 8.43. The van der Waals surface area contributed by atoms with Crippen molar-refractivity contribution < 1.29 is 38.1 Å². The van der Waals surface area contributed by atoms with Crippen LogP contribution in [0.1, 0.15) is 51.0 Å². The minimum Gasteiger partial charge on any atom is -0.467 e. The zero-order chi connectivity index (χ0) is 20.6. The van der Waals surface area contributed by atoms with Crippen molar-refractivity contribution in [2.24, 2.45) is 0 Å². The Morgan fingerprint density at radius 1 is 0.929 bits per heavy atom. The van der Waals surface area contributed by atoms with E-state index in [4.69, 9.17) is 18.9 Å². The van der Waals surface area contributed by atoms with Crippen molar-refractivity contribution in [1.82, 2.24) is 4.57 Å². The fraction of sp³-hybridized carbons (Fsp3) is 0.368. The Morgan fingerprint density at radius 2 is 1.57 bits per heavy atom. The van der Waals surface area contributed by atoms with Gasteiger partial charge >= 0.3 is 23.9 Å². The van der Waals surface area contributed by atoms with Crippen LogP contribution in [-0.2, 0) is 28.5 Å². The molecule has 3 rings (SSSR count). The molecule has 2 heterocycles. The van der Waals surface area contributed by atoms with Gasteiger partial charge in [0.2, 0.25) is 0 Å². The number of carbonyl (C=O) groups excluding carboxylic acids is 4. The van der Waals surface area contributed by atoms with Crippen LogP contribution in [0.2, 0.25) is 0 Å². The summed E-state index contributed by atoms with van der Waals surface area (Å²) >= 11 is 0. The first-order chi connectivity index (χ1) is 13.4. The van der Waals surface area contributed by atoms with Crippen molar-refractivity contribution in [3.63, 3.8) is 0 Å². The number of allylic oxidation sites excluding steroid dienone is 2. The smallest absolute Gasteiger partial charge is 0.355 e. The number of esters is 4. The molecule has 0 saturated carbocycles. The molecule has 148 valence electrons. The summed E-state index contributed by atoms with van der Waals surface area (Å²) in [5.74, 6) is -3.09. The van der Waals surface area contributed by atoms with Crippen molar-refractivity contribution in [2.75, 3.05) is 28.4 Å². The van der Waals surface area contributed by atoms with Crippen LogP contribution in [0.3, 0.4) is 0 Å². The van der Waals surface area contributed by atoms with Crippen molar-refractivity contribution in [3.05, 3.63) is 34.2 Å². The molecular weight excluding hydrogens is 370 g/mol. The topological polar surface area (TPSA) is 110 Å². The first-order valence-corrected chi connectivity index (χ1v) is 8.43. The highest BCUT2D eigenvalue weighted by molar-refractivity contribution is 6.12. The molecule has 0 fully saturated rings. The second-order valence-corrected chi connectivity index (χ2v) is 6.09. The van der Waals surface area contributed by atoms with Crippen LogP contribution in [0.15, 0.2) is 11.6 Å². The van der Waals surface area contributed by atoms with Crippen molar-refractivity contribution in [3.8, 4) is 0 Å². The fourth-order valence-electron chi connectivity index (χ4n) is 3.73. The number of hydrogen-bond donors (Lipinski definition) is 0. The molecule has 0 bridgehead atoms. The third-order valence-electron chi connectivity index (χ3n) is 4.83. The molecule has 1 unspecified atom stereocenters. The van der Waals surface area contributed by atoms with Crippen LogP contribution >= 0.6 is 0 Å². The van der Waals surface area contributed by atoms with Crippen LogP contribution in [0.25, 0.3) is 11.6 Å². The number of nitrogens with zero attached hydrogens (tertiary/aromatic N) is 1. The lowest BCUT2D eigenvalue weighted by Gasteiger charge is -2.17. The maximum absolute atomic E-state index is 12.6. The third-order valence-corrected chi connectivity index (χ3v) is 4.83. The Labute approximate surface area is 160 Å². The van der Waals surface area contributed by atoms with E-state index in [9.17, 15) is 19.2 Å². The van der Waals surface area contributed by atoms with Gasteiger partial charge < -0.3 is 23.5 Å². The average Bonchev–Trinajstić information content (AvgIpc) is 3.11. The van der Waals surface area contributed by atoms with E-state index in [1.54, 1.807) is 6.08 Å². The molecule has 2 aliphatic rings. The number of aromatic nitrogens is 1. The molecule has 0 spiro atoms. The van der Waals surface area contributed by atoms with Crippen molar-refractivity contribution >= 4 is 35.5 Å². The molecule has 0 aromatic carbocycles. The lowest BCUT2D eigenvalue weighted by Crippen LogP contribution is -2.28. The molecule has 0 N–H and O–H groups in total. The standard InChI is InChI=1S/C19H19NO8/c1-25-16(21)11-9-7-5-6-8-10-12(17(22)26-2)15(19(24)28-4)20(13(9)10)14(11)18(23)27-3/h5,7,15H,6,8H2,1-4H3. The maximum atomic E-state index is 12.6. The number of hydrogen-bond acceptors (Lipinski definition) is 8. The van der Waals surface area contributed by atoms with E-state index in [0.29, 0.717) is 29.7 Å². The van der Waals surface area contributed by atoms with Gasteiger partial charge in [0.25, 0.3) is 0 Å². The molecule has 0 amide bonds. The Bertz CT molecular complexity index is 950. The van der Waals surface area contributed by atoms with Gasteiger partial charge in [0, 0.05) is 5.56 Å². The zero-order valence-electron chi connectivity index (χ0n) is 15.9. The molecule has 1 atom stereocenters. The first kappa shape index (κ1) is 19.4. The fourth-order valence-corrected chi connectivity index (χ4v) is 3.73. The van der Waals surface area contributed by atoms with Crippen LogP contribution in [0, 0.1) is 0 Å². The van der Waals surface area contributed by atoms with E-state index in [-0.39, 0.29) is 16.8 Å². The zero-order valence-corrected chi connectivity index (χ0v) is 15.9. The molecule has 1 aromatic heterocycles. The van der Waals surface area contributed by atoms with Gasteiger partial charge in [-0.2, -0.15) is 0 Å². The molecule has 0 radical (unpaired) electrons. The van der Waals surface area contributed by atoms with Gasteiger partial charge in [0.1, 0.15) is 11.3 Å². The molecule has 1 aliphatic carbocycles. The van der Waals surface area contributed by atoms with Crippen molar-refractivity contribution in [1.29, 1.82) is 0 Å². The molecule has 0 saturated heterocycles. The predicted octanol–water partition coefficient (Wildman–Crippen LogP) is 1.52. The largest absolute Gasteiger partial charge is 0.467 e. The number of rotatable bonds is 4. The van der Waals surface area contributed by atoms with Crippen LogP contribution in [0.5, 0.6) is 0 Å². The van der Waals surface area contributed by atoms with Crippen LogP contribution < -0.4 is 0 Å². The van der Waals surface area contributed by atoms with E-state index in [2.05, 4.69) is 0 Å². The normalized spacial score (nSPS) is 16.9. The summed E-state index contributed by atoms with van der Waals surface area (Å²) in [7, 11) is 4.72. The molecule has 28 heavy (non-hydrogen) atoms. The highest BCUT2D eigenvalue weighted by Gasteiger charge is 2.47. The van der Waals surface area contributed by atoms with E-state index >= 15 is 0 Å². The second kappa shape index (κ2) is 7.34. The van der Waals surface area contributed by atoms with Gasteiger partial charge in [-0.15, -0.1) is 0 Å². The minimum absolute atomic E-state index is 0.0298. The number of ether oxygens (including phenoxy) is 4. The molecule has 9 nitrogen and oxygen atoms in total. The van der Waals surface area contributed by atoms with Gasteiger partial charge in [-0.3, -0.25) is 0 Å². The highest BCUT2D eigenvalue weighted by Crippen LogP contribution is 2.47. The molecule has 9 heteroatoms. The lowest BCUT2D eigenvalue weighted by atomic mass is 9.97. The molecular formula is C19H19NO8.